The second-order valence-corrected chi connectivity index (χ2v) is 11.1. The molecule has 0 unspecified atom stereocenters. The second kappa shape index (κ2) is 10.2. The Morgan fingerprint density at radius 2 is 1.52 bits per heavy atom. The highest BCUT2D eigenvalue weighted by Crippen LogP contribution is 2.61. The first-order valence-electron chi connectivity index (χ1n) is 14.2. The Balaban J connectivity index is 1.55. The maximum absolute atomic E-state index is 14.9. The predicted molar refractivity (Wildman–Crippen MR) is 163 cm³/mol. The fourth-order valence-electron chi connectivity index (χ4n) is 7.31. The molecule has 4 aromatic rings. The van der Waals surface area contributed by atoms with Crippen molar-refractivity contribution in [2.75, 3.05) is 26.2 Å². The lowest BCUT2D eigenvalue weighted by molar-refractivity contribution is 0.0665. The molecule has 0 aromatic heterocycles. The molecule has 2 aliphatic heterocycles. The quantitative estimate of drug-likeness (QED) is 0.197. The van der Waals surface area contributed by atoms with E-state index in [1.807, 2.05) is 4.90 Å². The summed E-state index contributed by atoms with van der Waals surface area (Å²) >= 11 is 0. The largest absolute Gasteiger partial charge is 0.497 e. The van der Waals surface area contributed by atoms with Crippen LogP contribution in [0, 0.1) is 11.2 Å². The summed E-state index contributed by atoms with van der Waals surface area (Å²) < 4.78 is 31.0. The number of fused-ring (bicyclic) bond motifs is 5. The highest BCUT2D eigenvalue weighted by atomic mass is 19.1. The number of ketones is 3. The molecule has 1 spiro atoms. The van der Waals surface area contributed by atoms with Gasteiger partial charge in [-0.3, -0.25) is 14.4 Å². The smallest absolute Gasteiger partial charge is 0.186 e. The SMILES string of the molecule is COc1cccc(C(=O)[C@@H]2[C@@H](c3ccc(OC)c(OC)c3)C3(C(=O)c4ccccc4C3=O)[C@H]3C=Cc4cc(F)ccc4N23)c1. The molecular formula is C36H28FNO6. The third-order valence-electron chi connectivity index (χ3n) is 9.16. The van der Waals surface area contributed by atoms with Crippen molar-refractivity contribution in [3.8, 4) is 17.2 Å². The van der Waals surface area contributed by atoms with Gasteiger partial charge in [0.25, 0.3) is 0 Å². The van der Waals surface area contributed by atoms with Crippen LogP contribution in [0.3, 0.4) is 0 Å². The molecule has 1 fully saturated rings. The minimum atomic E-state index is -1.70. The van der Waals surface area contributed by atoms with Gasteiger partial charge in [-0.1, -0.05) is 54.6 Å². The van der Waals surface area contributed by atoms with E-state index in [1.165, 1.54) is 33.5 Å². The van der Waals surface area contributed by atoms with Gasteiger partial charge in [0.05, 0.1) is 27.4 Å². The first-order chi connectivity index (χ1) is 21.3. The summed E-state index contributed by atoms with van der Waals surface area (Å²) in [5, 5.41) is 0. The Hall–Kier alpha value is -5.24. The Morgan fingerprint density at radius 3 is 2.20 bits per heavy atom. The van der Waals surface area contributed by atoms with E-state index >= 15 is 0 Å². The molecule has 0 radical (unpaired) electrons. The Labute approximate surface area is 253 Å². The number of rotatable bonds is 6. The zero-order valence-electron chi connectivity index (χ0n) is 24.2. The number of hydrogen-bond acceptors (Lipinski definition) is 7. The molecule has 7 rings (SSSR count). The van der Waals surface area contributed by atoms with Crippen molar-refractivity contribution < 1.29 is 33.0 Å². The molecule has 2 heterocycles. The lowest BCUT2D eigenvalue weighted by Crippen LogP contribution is -2.48. The van der Waals surface area contributed by atoms with Crippen molar-refractivity contribution in [2.24, 2.45) is 5.41 Å². The molecule has 220 valence electrons. The van der Waals surface area contributed by atoms with Crippen LogP contribution in [-0.4, -0.2) is 50.8 Å². The summed E-state index contributed by atoms with van der Waals surface area (Å²) in [6.45, 7) is 0. The van der Waals surface area contributed by atoms with Gasteiger partial charge in [0.2, 0.25) is 0 Å². The number of benzene rings is 4. The van der Waals surface area contributed by atoms with Gasteiger partial charge in [-0.15, -0.1) is 0 Å². The minimum absolute atomic E-state index is 0.312. The summed E-state index contributed by atoms with van der Waals surface area (Å²) in [5.41, 5.74) is 0.938. The van der Waals surface area contributed by atoms with Crippen molar-refractivity contribution >= 4 is 29.1 Å². The summed E-state index contributed by atoms with van der Waals surface area (Å²) in [4.78, 5) is 46.3. The van der Waals surface area contributed by atoms with Crippen LogP contribution in [0.1, 0.15) is 48.1 Å². The van der Waals surface area contributed by atoms with Gasteiger partial charge >= 0.3 is 0 Å². The highest BCUT2D eigenvalue weighted by Gasteiger charge is 2.71. The van der Waals surface area contributed by atoms with E-state index in [0.717, 1.165) is 0 Å². The molecule has 0 saturated carbocycles. The average Bonchev–Trinajstić information content (AvgIpc) is 3.49. The molecule has 44 heavy (non-hydrogen) atoms. The maximum Gasteiger partial charge on any atom is 0.186 e. The van der Waals surface area contributed by atoms with E-state index in [-0.39, 0.29) is 17.3 Å². The lowest BCUT2D eigenvalue weighted by Gasteiger charge is -2.37. The first-order valence-corrected chi connectivity index (χ1v) is 14.2. The third kappa shape index (κ3) is 3.70. The number of carbonyl (C=O) groups is 3. The van der Waals surface area contributed by atoms with Crippen LogP contribution in [0.4, 0.5) is 10.1 Å². The van der Waals surface area contributed by atoms with Gasteiger partial charge in [0.15, 0.2) is 28.8 Å². The lowest BCUT2D eigenvalue weighted by atomic mass is 9.64. The summed E-state index contributed by atoms with van der Waals surface area (Å²) in [5.74, 6) is -1.08. The molecule has 3 atom stereocenters. The molecule has 0 N–H and O–H groups in total. The Bertz CT molecular complexity index is 1860. The van der Waals surface area contributed by atoms with Gasteiger partial charge in [-0.25, -0.2) is 4.39 Å². The standard InChI is InChI=1S/C36H28FNO6/c1-42-24-8-6-7-22(18-24)33(39)32-31(21-11-15-28(43-2)29(19-21)44-3)36(34(40)25-9-4-5-10-26(25)35(36)41)30-16-12-20-17-23(37)13-14-27(20)38(30)32/h4-19,30-32H,1-3H3/t30-,31-,32+/m1/s1. The Kier molecular flexibility index (Phi) is 6.39. The zero-order chi connectivity index (χ0) is 30.7. The number of methoxy groups -OCH3 is 3. The molecule has 8 heteroatoms. The maximum atomic E-state index is 14.9. The van der Waals surface area contributed by atoms with Crippen molar-refractivity contribution in [2.45, 2.75) is 18.0 Å². The number of anilines is 1. The highest BCUT2D eigenvalue weighted by molar-refractivity contribution is 6.32. The number of Topliss-reactive ketones (excluding diaryl/α,β-unsaturated/α-hetero) is 3. The molecule has 3 aliphatic rings. The monoisotopic (exact) mass is 589 g/mol. The number of hydrogen-bond donors (Lipinski definition) is 0. The first kappa shape index (κ1) is 27.6. The number of nitrogens with zero attached hydrogens (tertiary/aromatic N) is 1. The van der Waals surface area contributed by atoms with E-state index in [2.05, 4.69) is 0 Å². The van der Waals surface area contributed by atoms with E-state index in [0.29, 0.717) is 50.8 Å². The molecule has 1 aliphatic carbocycles. The molecule has 0 bridgehead atoms. The van der Waals surface area contributed by atoms with Crippen molar-refractivity contribution in [3.63, 3.8) is 0 Å². The number of halogens is 1. The van der Waals surface area contributed by atoms with E-state index in [4.69, 9.17) is 14.2 Å². The summed E-state index contributed by atoms with van der Waals surface area (Å²) in [6.07, 6.45) is 3.49. The zero-order valence-corrected chi connectivity index (χ0v) is 24.2. The van der Waals surface area contributed by atoms with Crippen LogP contribution in [0.5, 0.6) is 17.2 Å². The van der Waals surface area contributed by atoms with E-state index in [9.17, 15) is 18.8 Å². The average molecular weight is 590 g/mol. The van der Waals surface area contributed by atoms with Gasteiger partial charge in [-0.2, -0.15) is 0 Å². The van der Waals surface area contributed by atoms with Gasteiger partial charge in [0, 0.05) is 33.9 Å². The number of ether oxygens (including phenoxy) is 3. The molecule has 0 amide bonds. The fraction of sp³-hybridized carbons (Fsp3) is 0.194. The summed E-state index contributed by atoms with van der Waals surface area (Å²) in [6, 6.07) is 21.2. The van der Waals surface area contributed by atoms with Gasteiger partial charge < -0.3 is 19.1 Å². The van der Waals surface area contributed by atoms with Crippen molar-refractivity contribution in [3.05, 3.63) is 125 Å². The molecular weight excluding hydrogens is 561 g/mol. The molecule has 7 nitrogen and oxygen atoms in total. The second-order valence-electron chi connectivity index (χ2n) is 11.1. The molecule has 4 aromatic carbocycles. The van der Waals surface area contributed by atoms with Gasteiger partial charge in [0.1, 0.15) is 23.0 Å². The topological polar surface area (TPSA) is 82.1 Å². The predicted octanol–water partition coefficient (Wildman–Crippen LogP) is 6.17. The van der Waals surface area contributed by atoms with E-state index < -0.39 is 29.2 Å². The van der Waals surface area contributed by atoms with Crippen LogP contribution >= 0.6 is 0 Å². The molecule has 1 saturated heterocycles. The summed E-state index contributed by atoms with van der Waals surface area (Å²) in [7, 11) is 4.54. The van der Waals surface area contributed by atoms with E-state index in [1.54, 1.807) is 84.9 Å². The fourth-order valence-corrected chi connectivity index (χ4v) is 7.31. The normalized spacial score (nSPS) is 20.7. The van der Waals surface area contributed by atoms with Crippen LogP contribution < -0.4 is 19.1 Å². The number of carbonyl (C=O) groups excluding carboxylic acids is 3. The van der Waals surface area contributed by atoms with Crippen LogP contribution in [-0.2, 0) is 0 Å². The van der Waals surface area contributed by atoms with Crippen LogP contribution in [0.25, 0.3) is 6.08 Å². The van der Waals surface area contributed by atoms with Gasteiger partial charge in [-0.05, 0) is 48.0 Å². The third-order valence-corrected chi connectivity index (χ3v) is 9.16. The Morgan fingerprint density at radius 1 is 0.795 bits per heavy atom. The van der Waals surface area contributed by atoms with Crippen molar-refractivity contribution in [1.29, 1.82) is 0 Å². The minimum Gasteiger partial charge on any atom is -0.497 e. The van der Waals surface area contributed by atoms with Crippen LogP contribution in [0.15, 0.2) is 91.0 Å². The van der Waals surface area contributed by atoms with Crippen molar-refractivity contribution in [1.82, 2.24) is 0 Å². The van der Waals surface area contributed by atoms with Crippen LogP contribution in [0.2, 0.25) is 0 Å².